The van der Waals surface area contributed by atoms with Gasteiger partial charge in [-0.1, -0.05) is 26.0 Å². The van der Waals surface area contributed by atoms with Gasteiger partial charge in [0.2, 0.25) is 5.95 Å². The summed E-state index contributed by atoms with van der Waals surface area (Å²) in [4.78, 5) is 20.7. The fraction of sp³-hybridized carbons (Fsp3) is 0.389. The van der Waals surface area contributed by atoms with Crippen LogP contribution in [0.4, 0.5) is 11.6 Å². The van der Waals surface area contributed by atoms with Gasteiger partial charge < -0.3 is 10.6 Å². The molecule has 1 aromatic heterocycles. The van der Waals surface area contributed by atoms with Crippen LogP contribution in [0.15, 0.2) is 30.6 Å². The van der Waals surface area contributed by atoms with Crippen LogP contribution in [0.3, 0.4) is 0 Å². The lowest BCUT2D eigenvalue weighted by Crippen LogP contribution is -2.14. The van der Waals surface area contributed by atoms with Crippen molar-refractivity contribution in [1.29, 1.82) is 0 Å². The van der Waals surface area contributed by atoms with Gasteiger partial charge in [-0.25, -0.2) is 9.97 Å². The second-order valence-electron chi connectivity index (χ2n) is 6.18. The number of anilines is 2. The Kier molecular flexibility index (Phi) is 5.68. The molecule has 0 unspecified atom stereocenters. The first-order chi connectivity index (χ1) is 11.0. The quantitative estimate of drug-likeness (QED) is 0.851. The molecule has 1 amide bonds. The van der Waals surface area contributed by atoms with Crippen molar-refractivity contribution in [2.45, 2.75) is 34.1 Å². The molecule has 0 atom stereocenters. The Balaban J connectivity index is 1.98. The van der Waals surface area contributed by atoms with E-state index in [-0.39, 0.29) is 5.91 Å². The molecular formula is C18H24N4O. The molecule has 0 fully saturated rings. The molecule has 122 valence electrons. The van der Waals surface area contributed by atoms with E-state index in [1.807, 2.05) is 32.0 Å². The van der Waals surface area contributed by atoms with E-state index in [0.717, 1.165) is 29.8 Å². The van der Waals surface area contributed by atoms with Crippen LogP contribution in [0.5, 0.6) is 0 Å². The van der Waals surface area contributed by atoms with E-state index in [2.05, 4.69) is 34.4 Å². The number of hydrogen-bond donors (Lipinski definition) is 2. The zero-order valence-corrected chi connectivity index (χ0v) is 14.2. The van der Waals surface area contributed by atoms with Gasteiger partial charge in [0.05, 0.1) is 5.56 Å². The Morgan fingerprint density at radius 1 is 1.17 bits per heavy atom. The maximum Gasteiger partial charge on any atom is 0.258 e. The first-order valence-corrected chi connectivity index (χ1v) is 7.90. The molecule has 5 nitrogen and oxygen atoms in total. The minimum Gasteiger partial charge on any atom is -0.354 e. The fourth-order valence-electron chi connectivity index (χ4n) is 2.07. The van der Waals surface area contributed by atoms with Gasteiger partial charge in [-0.05, 0) is 43.4 Å². The highest BCUT2D eigenvalue weighted by atomic mass is 16.1. The Hall–Kier alpha value is -2.43. The van der Waals surface area contributed by atoms with Gasteiger partial charge >= 0.3 is 0 Å². The molecule has 0 aliphatic heterocycles. The third-order valence-corrected chi connectivity index (χ3v) is 3.56. The average Bonchev–Trinajstić information content (AvgIpc) is 2.51. The Morgan fingerprint density at radius 3 is 2.52 bits per heavy atom. The van der Waals surface area contributed by atoms with E-state index in [1.54, 1.807) is 12.4 Å². The van der Waals surface area contributed by atoms with Crippen molar-refractivity contribution in [2.24, 2.45) is 5.92 Å². The molecule has 1 heterocycles. The van der Waals surface area contributed by atoms with E-state index in [1.165, 1.54) is 0 Å². The zero-order chi connectivity index (χ0) is 16.8. The lowest BCUT2D eigenvalue weighted by atomic mass is 10.1. The van der Waals surface area contributed by atoms with Crippen molar-refractivity contribution >= 4 is 17.5 Å². The summed E-state index contributed by atoms with van der Waals surface area (Å²) in [6.45, 7) is 9.13. The number of rotatable bonds is 6. The SMILES string of the molecule is Cc1ccc(C)c(NC(=O)c2cnc(NCCC(C)C)nc2)c1. The van der Waals surface area contributed by atoms with Crippen molar-refractivity contribution in [2.75, 3.05) is 17.2 Å². The van der Waals surface area contributed by atoms with Crippen LogP contribution in [0.2, 0.25) is 0 Å². The van der Waals surface area contributed by atoms with E-state index in [4.69, 9.17) is 0 Å². The third-order valence-electron chi connectivity index (χ3n) is 3.56. The summed E-state index contributed by atoms with van der Waals surface area (Å²) in [6.07, 6.45) is 4.15. The monoisotopic (exact) mass is 312 g/mol. The van der Waals surface area contributed by atoms with Crippen molar-refractivity contribution in [1.82, 2.24) is 9.97 Å². The molecule has 23 heavy (non-hydrogen) atoms. The van der Waals surface area contributed by atoms with Crippen molar-refractivity contribution in [3.8, 4) is 0 Å². The second kappa shape index (κ2) is 7.72. The van der Waals surface area contributed by atoms with Crippen molar-refractivity contribution in [3.05, 3.63) is 47.3 Å². The summed E-state index contributed by atoms with van der Waals surface area (Å²) in [5.41, 5.74) is 3.39. The van der Waals surface area contributed by atoms with Crippen LogP contribution in [0.25, 0.3) is 0 Å². The van der Waals surface area contributed by atoms with Gasteiger partial charge in [0.1, 0.15) is 0 Å². The topological polar surface area (TPSA) is 66.9 Å². The summed E-state index contributed by atoms with van der Waals surface area (Å²) >= 11 is 0. The Labute approximate surface area is 137 Å². The molecule has 2 N–H and O–H groups in total. The molecule has 2 rings (SSSR count). The molecular weight excluding hydrogens is 288 g/mol. The number of nitrogens with one attached hydrogen (secondary N) is 2. The molecule has 0 aliphatic rings. The number of aryl methyl sites for hydroxylation is 2. The minimum atomic E-state index is -0.201. The molecule has 0 spiro atoms. The Morgan fingerprint density at radius 2 is 1.87 bits per heavy atom. The lowest BCUT2D eigenvalue weighted by Gasteiger charge is -2.10. The van der Waals surface area contributed by atoms with E-state index in [0.29, 0.717) is 17.4 Å². The molecule has 1 aromatic carbocycles. The minimum absolute atomic E-state index is 0.201. The zero-order valence-electron chi connectivity index (χ0n) is 14.2. The highest BCUT2D eigenvalue weighted by molar-refractivity contribution is 6.04. The molecule has 0 bridgehead atoms. The van der Waals surface area contributed by atoms with Crippen LogP contribution in [-0.2, 0) is 0 Å². The largest absolute Gasteiger partial charge is 0.354 e. The van der Waals surface area contributed by atoms with Crippen LogP contribution in [-0.4, -0.2) is 22.4 Å². The van der Waals surface area contributed by atoms with E-state index in [9.17, 15) is 4.79 Å². The number of carbonyl (C=O) groups is 1. The van der Waals surface area contributed by atoms with Crippen LogP contribution >= 0.6 is 0 Å². The predicted molar refractivity (Wildman–Crippen MR) is 93.8 cm³/mol. The standard InChI is InChI=1S/C18H24N4O/c1-12(2)7-8-19-18-20-10-15(11-21-18)17(23)22-16-9-13(3)5-6-14(16)4/h5-6,9-12H,7-8H2,1-4H3,(H,22,23)(H,19,20,21). The number of hydrogen-bond acceptors (Lipinski definition) is 4. The molecule has 0 aliphatic carbocycles. The maximum absolute atomic E-state index is 12.3. The number of carbonyl (C=O) groups excluding carboxylic acids is 1. The Bertz CT molecular complexity index is 665. The number of benzene rings is 1. The lowest BCUT2D eigenvalue weighted by molar-refractivity contribution is 0.102. The molecule has 5 heteroatoms. The first-order valence-electron chi connectivity index (χ1n) is 7.90. The smallest absolute Gasteiger partial charge is 0.258 e. The van der Waals surface area contributed by atoms with Gasteiger partial charge in [0, 0.05) is 24.6 Å². The van der Waals surface area contributed by atoms with Gasteiger partial charge in [0.25, 0.3) is 5.91 Å². The van der Waals surface area contributed by atoms with Crippen LogP contribution in [0, 0.1) is 19.8 Å². The normalized spacial score (nSPS) is 10.7. The molecule has 2 aromatic rings. The fourth-order valence-corrected chi connectivity index (χ4v) is 2.07. The summed E-state index contributed by atoms with van der Waals surface area (Å²) in [5.74, 6) is 0.978. The highest BCUT2D eigenvalue weighted by Gasteiger charge is 2.09. The van der Waals surface area contributed by atoms with E-state index < -0.39 is 0 Å². The second-order valence-corrected chi connectivity index (χ2v) is 6.18. The van der Waals surface area contributed by atoms with Crippen molar-refractivity contribution < 1.29 is 4.79 Å². The summed E-state index contributed by atoms with van der Waals surface area (Å²) < 4.78 is 0. The van der Waals surface area contributed by atoms with Gasteiger partial charge in [-0.3, -0.25) is 4.79 Å². The third kappa shape index (κ3) is 5.06. The van der Waals surface area contributed by atoms with Gasteiger partial charge in [-0.15, -0.1) is 0 Å². The van der Waals surface area contributed by atoms with Crippen LogP contribution in [0.1, 0.15) is 41.8 Å². The summed E-state index contributed by atoms with van der Waals surface area (Å²) in [5, 5.41) is 6.06. The van der Waals surface area contributed by atoms with Crippen molar-refractivity contribution in [3.63, 3.8) is 0 Å². The maximum atomic E-state index is 12.3. The highest BCUT2D eigenvalue weighted by Crippen LogP contribution is 2.17. The molecule has 0 saturated carbocycles. The van der Waals surface area contributed by atoms with Crippen LogP contribution < -0.4 is 10.6 Å². The number of nitrogens with zero attached hydrogens (tertiary/aromatic N) is 2. The number of amides is 1. The predicted octanol–water partition coefficient (Wildman–Crippen LogP) is 3.80. The summed E-state index contributed by atoms with van der Waals surface area (Å²) in [6, 6.07) is 5.96. The average molecular weight is 312 g/mol. The first kappa shape index (κ1) is 16.9. The summed E-state index contributed by atoms with van der Waals surface area (Å²) in [7, 11) is 0. The molecule has 0 radical (unpaired) electrons. The van der Waals surface area contributed by atoms with Gasteiger partial charge in [-0.2, -0.15) is 0 Å². The number of aromatic nitrogens is 2. The molecule has 0 saturated heterocycles. The van der Waals surface area contributed by atoms with E-state index >= 15 is 0 Å². The van der Waals surface area contributed by atoms with Gasteiger partial charge in [0.15, 0.2) is 0 Å².